The first kappa shape index (κ1) is 9.65. The van der Waals surface area contributed by atoms with E-state index in [1.807, 2.05) is 6.92 Å². The molecule has 4 nitrogen and oxygen atoms in total. The molecule has 1 N–H and O–H groups in total. The van der Waals surface area contributed by atoms with Crippen LogP contribution >= 0.6 is 0 Å². The number of rotatable bonds is 3. The number of carboxylic acids is 1. The summed E-state index contributed by atoms with van der Waals surface area (Å²) in [6.45, 7) is 2.95. The lowest BCUT2D eigenvalue weighted by atomic mass is 9.50. The summed E-state index contributed by atoms with van der Waals surface area (Å²) < 4.78 is 5.12. The van der Waals surface area contributed by atoms with Crippen molar-refractivity contribution in [1.82, 2.24) is 0 Å². The van der Waals surface area contributed by atoms with Gasteiger partial charge in [0.05, 0.1) is 18.6 Å². The number of Topliss-reactive ketones (excluding diaryl/α,β-unsaturated/α-hetero) is 1. The number of carboxylic acid groups (broad SMARTS) is 1. The Morgan fingerprint density at radius 2 is 2.07 bits per heavy atom. The first-order valence-corrected chi connectivity index (χ1v) is 4.89. The van der Waals surface area contributed by atoms with Gasteiger partial charge in [-0.2, -0.15) is 0 Å². The Labute approximate surface area is 82.2 Å². The van der Waals surface area contributed by atoms with Crippen LogP contribution in [0.25, 0.3) is 0 Å². The lowest BCUT2D eigenvalue weighted by Gasteiger charge is -2.56. The highest BCUT2D eigenvalue weighted by Gasteiger charge is 2.65. The molecule has 2 rings (SSSR count). The Bertz CT molecular complexity index is 277. The normalized spacial score (nSPS) is 27.6. The van der Waals surface area contributed by atoms with Crippen molar-refractivity contribution in [3.05, 3.63) is 0 Å². The second-order valence-electron chi connectivity index (χ2n) is 4.41. The molecule has 1 saturated heterocycles. The smallest absolute Gasteiger partial charge is 0.311 e. The summed E-state index contributed by atoms with van der Waals surface area (Å²) in [4.78, 5) is 22.3. The lowest BCUT2D eigenvalue weighted by molar-refractivity contribution is -0.221. The van der Waals surface area contributed by atoms with Crippen molar-refractivity contribution >= 4 is 11.8 Å². The second kappa shape index (κ2) is 2.79. The quantitative estimate of drug-likeness (QED) is 0.730. The number of aliphatic carboxylic acids is 1. The van der Waals surface area contributed by atoms with Crippen LogP contribution in [0.5, 0.6) is 0 Å². The molecule has 0 aromatic carbocycles. The number of ketones is 1. The molecular weight excluding hydrogens is 184 g/mol. The molecule has 1 aliphatic carbocycles. The molecule has 0 amide bonds. The fourth-order valence-corrected chi connectivity index (χ4v) is 2.54. The summed E-state index contributed by atoms with van der Waals surface area (Å²) in [6, 6.07) is 0. The Hall–Kier alpha value is -0.900. The van der Waals surface area contributed by atoms with E-state index in [4.69, 9.17) is 4.74 Å². The highest BCUT2D eigenvalue weighted by atomic mass is 16.5. The Balaban J connectivity index is 2.27. The Morgan fingerprint density at radius 1 is 1.50 bits per heavy atom. The number of carbonyl (C=O) groups is 2. The first-order chi connectivity index (χ1) is 6.56. The molecule has 1 saturated carbocycles. The summed E-state index contributed by atoms with van der Waals surface area (Å²) in [5.41, 5.74) is -1.11. The van der Waals surface area contributed by atoms with Gasteiger partial charge in [0, 0.05) is 18.3 Å². The predicted molar refractivity (Wildman–Crippen MR) is 47.9 cm³/mol. The third-order valence-electron chi connectivity index (χ3n) is 3.86. The van der Waals surface area contributed by atoms with E-state index >= 15 is 0 Å². The van der Waals surface area contributed by atoms with Crippen LogP contribution in [-0.4, -0.2) is 30.1 Å². The van der Waals surface area contributed by atoms with Crippen LogP contribution in [0.15, 0.2) is 0 Å². The molecule has 0 unspecified atom stereocenters. The molecule has 0 bridgehead atoms. The van der Waals surface area contributed by atoms with E-state index in [9.17, 15) is 14.7 Å². The molecule has 0 aromatic rings. The SMILES string of the molecule is CCC1(C2(C(=O)O)CC(=O)C2)COC1. The van der Waals surface area contributed by atoms with Crippen molar-refractivity contribution in [1.29, 1.82) is 0 Å². The van der Waals surface area contributed by atoms with Gasteiger partial charge in [-0.3, -0.25) is 9.59 Å². The molecule has 1 aliphatic heterocycles. The lowest BCUT2D eigenvalue weighted by Crippen LogP contribution is -2.64. The van der Waals surface area contributed by atoms with Crippen LogP contribution in [0.1, 0.15) is 26.2 Å². The van der Waals surface area contributed by atoms with Gasteiger partial charge in [-0.05, 0) is 6.42 Å². The van der Waals surface area contributed by atoms with E-state index in [1.54, 1.807) is 0 Å². The second-order valence-corrected chi connectivity index (χ2v) is 4.41. The van der Waals surface area contributed by atoms with E-state index in [-0.39, 0.29) is 24.0 Å². The molecule has 78 valence electrons. The van der Waals surface area contributed by atoms with Crippen molar-refractivity contribution < 1.29 is 19.4 Å². The maximum Gasteiger partial charge on any atom is 0.311 e. The van der Waals surface area contributed by atoms with Gasteiger partial charge in [-0.25, -0.2) is 0 Å². The van der Waals surface area contributed by atoms with Crippen molar-refractivity contribution in [2.45, 2.75) is 26.2 Å². The van der Waals surface area contributed by atoms with Gasteiger partial charge in [0.1, 0.15) is 5.78 Å². The van der Waals surface area contributed by atoms with Crippen molar-refractivity contribution in [2.75, 3.05) is 13.2 Å². The molecule has 0 spiro atoms. The molecular formula is C10H14O4. The van der Waals surface area contributed by atoms with Crippen LogP contribution in [0.4, 0.5) is 0 Å². The van der Waals surface area contributed by atoms with E-state index < -0.39 is 11.4 Å². The van der Waals surface area contributed by atoms with Crippen molar-refractivity contribution in [3.8, 4) is 0 Å². The average Bonchev–Trinajstić information content (AvgIpc) is 1.98. The highest BCUT2D eigenvalue weighted by Crippen LogP contribution is 2.57. The Kier molecular flexibility index (Phi) is 1.93. The molecule has 14 heavy (non-hydrogen) atoms. The standard InChI is InChI=1S/C10H14O4/c1-2-9(5-14-6-9)10(8(12)13)3-7(11)4-10/h2-6H2,1H3,(H,12,13). The van der Waals surface area contributed by atoms with Gasteiger partial charge in [0.2, 0.25) is 0 Å². The Morgan fingerprint density at radius 3 is 2.29 bits per heavy atom. The van der Waals surface area contributed by atoms with Gasteiger partial charge in [0.15, 0.2) is 0 Å². The summed E-state index contributed by atoms with van der Waals surface area (Å²) >= 11 is 0. The van der Waals surface area contributed by atoms with E-state index in [0.29, 0.717) is 13.2 Å². The van der Waals surface area contributed by atoms with Crippen molar-refractivity contribution in [3.63, 3.8) is 0 Å². The fourth-order valence-electron chi connectivity index (χ4n) is 2.54. The summed E-state index contributed by atoms with van der Waals surface area (Å²) in [7, 11) is 0. The largest absolute Gasteiger partial charge is 0.481 e. The summed E-state index contributed by atoms with van der Waals surface area (Å²) in [6.07, 6.45) is 1.16. The van der Waals surface area contributed by atoms with Crippen LogP contribution in [0.2, 0.25) is 0 Å². The zero-order valence-electron chi connectivity index (χ0n) is 8.21. The number of hydrogen-bond acceptors (Lipinski definition) is 3. The molecule has 2 aliphatic rings. The molecule has 4 heteroatoms. The third kappa shape index (κ3) is 0.919. The summed E-state index contributed by atoms with van der Waals surface area (Å²) in [5.74, 6) is -0.769. The van der Waals surface area contributed by atoms with Gasteiger partial charge in [-0.15, -0.1) is 0 Å². The third-order valence-corrected chi connectivity index (χ3v) is 3.86. The molecule has 0 atom stereocenters. The molecule has 0 aromatic heterocycles. The van der Waals surface area contributed by atoms with Crippen LogP contribution in [0.3, 0.4) is 0 Å². The number of ether oxygens (including phenoxy) is 1. The predicted octanol–water partition coefficient (Wildman–Crippen LogP) is 0.847. The van der Waals surface area contributed by atoms with Gasteiger partial charge < -0.3 is 9.84 Å². The van der Waals surface area contributed by atoms with Crippen LogP contribution in [0, 0.1) is 10.8 Å². The van der Waals surface area contributed by atoms with Gasteiger partial charge >= 0.3 is 5.97 Å². The molecule has 0 radical (unpaired) electrons. The fraction of sp³-hybridized carbons (Fsp3) is 0.800. The van der Waals surface area contributed by atoms with E-state index in [1.165, 1.54) is 0 Å². The van der Waals surface area contributed by atoms with E-state index in [2.05, 4.69) is 0 Å². The van der Waals surface area contributed by atoms with Gasteiger partial charge in [0.25, 0.3) is 0 Å². The molecule has 2 fully saturated rings. The summed E-state index contributed by atoms with van der Waals surface area (Å²) in [5, 5.41) is 9.23. The van der Waals surface area contributed by atoms with Crippen LogP contribution in [-0.2, 0) is 14.3 Å². The van der Waals surface area contributed by atoms with Crippen LogP contribution < -0.4 is 0 Å². The molecule has 1 heterocycles. The van der Waals surface area contributed by atoms with E-state index in [0.717, 1.165) is 6.42 Å². The minimum atomic E-state index is -0.831. The van der Waals surface area contributed by atoms with Crippen molar-refractivity contribution in [2.24, 2.45) is 10.8 Å². The zero-order chi connectivity index (χ0) is 10.4. The minimum absolute atomic E-state index is 0.0622. The minimum Gasteiger partial charge on any atom is -0.481 e. The van der Waals surface area contributed by atoms with Gasteiger partial charge in [-0.1, -0.05) is 6.92 Å². The maximum absolute atomic E-state index is 11.2. The number of carbonyl (C=O) groups excluding carboxylic acids is 1. The highest BCUT2D eigenvalue weighted by molar-refractivity contribution is 5.97. The topological polar surface area (TPSA) is 63.6 Å². The average molecular weight is 198 g/mol. The number of hydrogen-bond donors (Lipinski definition) is 1. The first-order valence-electron chi connectivity index (χ1n) is 4.89. The maximum atomic E-state index is 11.2. The monoisotopic (exact) mass is 198 g/mol. The zero-order valence-corrected chi connectivity index (χ0v) is 8.21.